The summed E-state index contributed by atoms with van der Waals surface area (Å²) in [5.41, 5.74) is 4.73. The number of aromatic amines is 1. The van der Waals surface area contributed by atoms with Gasteiger partial charge in [-0.05, 0) is 24.3 Å². The van der Waals surface area contributed by atoms with E-state index in [-0.39, 0.29) is 41.4 Å². The molecular weight excluding hydrogens is 414 g/mol. The Morgan fingerprint density at radius 1 is 1.23 bits per heavy atom. The zero-order chi connectivity index (χ0) is 21.7. The number of Topliss-reactive ketones (excluding diaryl/α,β-unsaturated/α-hetero) is 1. The van der Waals surface area contributed by atoms with Crippen molar-refractivity contribution < 1.29 is 18.7 Å². The van der Waals surface area contributed by atoms with Gasteiger partial charge >= 0.3 is 5.69 Å². The van der Waals surface area contributed by atoms with E-state index in [4.69, 9.17) is 19.6 Å². The quantitative estimate of drug-likeness (QED) is 0.365. The van der Waals surface area contributed by atoms with Crippen LogP contribution in [0.4, 0.5) is 5.82 Å². The monoisotopic (exact) mass is 433 g/mol. The maximum atomic E-state index is 12.6. The lowest BCUT2D eigenvalue weighted by Crippen LogP contribution is -2.37. The van der Waals surface area contributed by atoms with Gasteiger partial charge < -0.3 is 19.6 Å². The molecular formula is C18H19N5O6S. The summed E-state index contributed by atoms with van der Waals surface area (Å²) >= 11 is 0.957. The van der Waals surface area contributed by atoms with Gasteiger partial charge in [-0.3, -0.25) is 19.1 Å². The normalized spacial score (nSPS) is 10.9. The number of nitrogens with zero attached hydrogens (tertiary/aromatic N) is 3. The first-order valence-electron chi connectivity index (χ1n) is 8.70. The molecule has 0 bridgehead atoms. The van der Waals surface area contributed by atoms with Gasteiger partial charge in [0.2, 0.25) is 5.89 Å². The highest BCUT2D eigenvalue weighted by Crippen LogP contribution is 2.25. The van der Waals surface area contributed by atoms with Gasteiger partial charge in [-0.25, -0.2) is 4.79 Å². The second-order valence-corrected chi connectivity index (χ2v) is 6.90. The Morgan fingerprint density at radius 2 is 1.97 bits per heavy atom. The number of carbonyl (C=O) groups is 1. The molecule has 0 aliphatic carbocycles. The lowest BCUT2D eigenvalue weighted by Gasteiger charge is -2.11. The van der Waals surface area contributed by atoms with Crippen molar-refractivity contribution in [2.75, 3.05) is 32.3 Å². The van der Waals surface area contributed by atoms with Crippen molar-refractivity contribution in [1.82, 2.24) is 19.7 Å². The predicted molar refractivity (Wildman–Crippen MR) is 109 cm³/mol. The van der Waals surface area contributed by atoms with E-state index in [1.165, 1.54) is 7.11 Å². The van der Waals surface area contributed by atoms with E-state index >= 15 is 0 Å². The topological polar surface area (TPSA) is 155 Å². The molecule has 0 spiro atoms. The number of methoxy groups -OCH3 is 2. The molecule has 3 aromatic rings. The maximum Gasteiger partial charge on any atom is 0.330 e. The lowest BCUT2D eigenvalue weighted by molar-refractivity contribution is 0.102. The zero-order valence-electron chi connectivity index (χ0n) is 16.2. The number of hydrogen-bond acceptors (Lipinski definition) is 10. The number of H-pyrrole nitrogens is 1. The van der Waals surface area contributed by atoms with Crippen LogP contribution in [0, 0.1) is 0 Å². The summed E-state index contributed by atoms with van der Waals surface area (Å²) in [6, 6.07) is 7.03. The molecule has 3 rings (SSSR count). The molecule has 2 heterocycles. The summed E-state index contributed by atoms with van der Waals surface area (Å²) < 4.78 is 16.6. The fraction of sp³-hybridized carbons (Fsp3) is 0.278. The first-order valence-corrected chi connectivity index (χ1v) is 9.68. The van der Waals surface area contributed by atoms with Crippen molar-refractivity contribution in [3.8, 4) is 17.2 Å². The van der Waals surface area contributed by atoms with Crippen molar-refractivity contribution in [3.63, 3.8) is 0 Å². The van der Waals surface area contributed by atoms with Crippen molar-refractivity contribution in [2.45, 2.75) is 11.8 Å². The van der Waals surface area contributed by atoms with E-state index in [1.807, 2.05) is 0 Å². The Bertz CT molecular complexity index is 1150. The van der Waals surface area contributed by atoms with Gasteiger partial charge in [0.25, 0.3) is 10.8 Å². The average Bonchev–Trinajstić information content (AvgIpc) is 3.21. The van der Waals surface area contributed by atoms with Crippen molar-refractivity contribution in [3.05, 3.63) is 50.7 Å². The summed E-state index contributed by atoms with van der Waals surface area (Å²) in [7, 11) is 3.02. The molecule has 0 fully saturated rings. The minimum atomic E-state index is -0.846. The van der Waals surface area contributed by atoms with Crippen molar-refractivity contribution >= 4 is 23.4 Å². The van der Waals surface area contributed by atoms with Gasteiger partial charge in [-0.15, -0.1) is 10.2 Å². The Morgan fingerprint density at radius 3 is 2.63 bits per heavy atom. The van der Waals surface area contributed by atoms with Crippen LogP contribution in [0.5, 0.6) is 5.75 Å². The molecule has 0 saturated carbocycles. The number of aromatic nitrogens is 4. The van der Waals surface area contributed by atoms with Crippen LogP contribution < -0.4 is 21.7 Å². The van der Waals surface area contributed by atoms with E-state index < -0.39 is 17.0 Å². The summed E-state index contributed by atoms with van der Waals surface area (Å²) in [6.07, 6.45) is 0. The van der Waals surface area contributed by atoms with E-state index in [0.29, 0.717) is 11.3 Å². The van der Waals surface area contributed by atoms with Crippen LogP contribution in [0.2, 0.25) is 0 Å². The highest BCUT2D eigenvalue weighted by molar-refractivity contribution is 7.99. The fourth-order valence-electron chi connectivity index (χ4n) is 2.58. The summed E-state index contributed by atoms with van der Waals surface area (Å²) in [4.78, 5) is 38.7. The molecule has 0 amide bonds. The molecule has 12 heteroatoms. The minimum Gasteiger partial charge on any atom is -0.497 e. The smallest absolute Gasteiger partial charge is 0.330 e. The number of ketones is 1. The third-order valence-electron chi connectivity index (χ3n) is 4.11. The first kappa shape index (κ1) is 21.3. The molecule has 3 N–H and O–H groups in total. The molecule has 2 aromatic heterocycles. The second-order valence-electron chi connectivity index (χ2n) is 5.98. The van der Waals surface area contributed by atoms with Crippen LogP contribution in [0.1, 0.15) is 10.4 Å². The predicted octanol–water partition coefficient (Wildman–Crippen LogP) is 0.799. The Balaban J connectivity index is 1.74. The number of carbonyl (C=O) groups excluding carboxylic acids is 1. The van der Waals surface area contributed by atoms with Gasteiger partial charge in [0.05, 0.1) is 26.0 Å². The number of hydrogen-bond donors (Lipinski definition) is 2. The van der Waals surface area contributed by atoms with E-state index in [9.17, 15) is 14.4 Å². The number of anilines is 1. The van der Waals surface area contributed by atoms with Gasteiger partial charge in [0.15, 0.2) is 5.78 Å². The highest BCUT2D eigenvalue weighted by Gasteiger charge is 2.20. The van der Waals surface area contributed by atoms with Crippen LogP contribution >= 0.6 is 11.8 Å². The Labute approximate surface area is 174 Å². The third-order valence-corrected chi connectivity index (χ3v) is 4.93. The molecule has 1 aromatic carbocycles. The van der Waals surface area contributed by atoms with Crippen LogP contribution in [0.25, 0.3) is 11.5 Å². The van der Waals surface area contributed by atoms with Crippen LogP contribution in [-0.4, -0.2) is 52.1 Å². The fourth-order valence-corrected chi connectivity index (χ4v) is 3.21. The molecule has 30 heavy (non-hydrogen) atoms. The van der Waals surface area contributed by atoms with Crippen molar-refractivity contribution in [2.24, 2.45) is 0 Å². The molecule has 0 radical (unpaired) electrons. The van der Waals surface area contributed by atoms with Crippen LogP contribution in [0.3, 0.4) is 0 Å². The molecule has 0 unspecified atom stereocenters. The summed E-state index contributed by atoms with van der Waals surface area (Å²) in [5, 5.41) is 7.99. The van der Waals surface area contributed by atoms with Gasteiger partial charge in [0.1, 0.15) is 17.1 Å². The average molecular weight is 433 g/mol. The molecule has 11 nitrogen and oxygen atoms in total. The first-order chi connectivity index (χ1) is 14.4. The van der Waals surface area contributed by atoms with E-state index in [2.05, 4.69) is 15.2 Å². The largest absolute Gasteiger partial charge is 0.497 e. The third kappa shape index (κ3) is 4.60. The maximum absolute atomic E-state index is 12.6. The molecule has 158 valence electrons. The molecule has 0 aliphatic rings. The standard InChI is InChI=1S/C18H19N5O6S/c1-27-8-7-23-14(19)13(15(25)20-17(23)26)12(24)9-30-18-22-21-16(29-18)10-3-5-11(28-2)6-4-10/h3-6H,7-9,19H2,1-2H3,(H,20,25,26). The van der Waals surface area contributed by atoms with E-state index in [1.54, 1.807) is 31.4 Å². The van der Waals surface area contributed by atoms with Crippen LogP contribution in [0.15, 0.2) is 43.5 Å². The molecule has 0 aliphatic heterocycles. The Hall–Kier alpha value is -3.38. The van der Waals surface area contributed by atoms with Gasteiger partial charge in [-0.2, -0.15) is 0 Å². The number of benzene rings is 1. The van der Waals surface area contributed by atoms with Crippen molar-refractivity contribution in [1.29, 1.82) is 0 Å². The SMILES string of the molecule is COCCn1c(N)c(C(=O)CSc2nnc(-c3ccc(OC)cc3)o2)c(=O)[nH]c1=O. The molecule has 0 saturated heterocycles. The van der Waals surface area contributed by atoms with E-state index in [0.717, 1.165) is 16.3 Å². The molecule has 0 atom stereocenters. The minimum absolute atomic E-state index is 0.0975. The number of nitrogens with one attached hydrogen (secondary N) is 1. The zero-order valence-corrected chi connectivity index (χ0v) is 17.0. The number of ether oxygens (including phenoxy) is 2. The Kier molecular flexibility index (Phi) is 6.69. The highest BCUT2D eigenvalue weighted by atomic mass is 32.2. The van der Waals surface area contributed by atoms with Gasteiger partial charge in [0, 0.05) is 12.7 Å². The number of nitrogen functional groups attached to an aromatic ring is 1. The number of rotatable bonds is 9. The summed E-state index contributed by atoms with van der Waals surface area (Å²) in [5.74, 6) is -0.00356. The lowest BCUT2D eigenvalue weighted by atomic mass is 10.2. The van der Waals surface area contributed by atoms with Gasteiger partial charge in [-0.1, -0.05) is 11.8 Å². The van der Waals surface area contributed by atoms with Crippen LogP contribution in [-0.2, 0) is 11.3 Å². The number of nitrogens with two attached hydrogens (primary N) is 1. The summed E-state index contributed by atoms with van der Waals surface area (Å²) in [6.45, 7) is 0.287. The number of thioether (sulfide) groups is 1. The second kappa shape index (κ2) is 9.41.